The van der Waals surface area contributed by atoms with Crippen molar-refractivity contribution in [2.24, 2.45) is 5.73 Å². The van der Waals surface area contributed by atoms with E-state index in [4.69, 9.17) is 5.73 Å². The lowest BCUT2D eigenvalue weighted by molar-refractivity contribution is -0.118. The molecule has 0 aromatic rings. The second kappa shape index (κ2) is 3.56. The van der Waals surface area contributed by atoms with Crippen molar-refractivity contribution in [3.63, 3.8) is 0 Å². The zero-order valence-corrected chi connectivity index (χ0v) is 6.10. The zero-order chi connectivity index (χ0) is 7.40. The number of nitrogens with one attached hydrogen (secondary N) is 1. The number of rotatable bonds is 2. The van der Waals surface area contributed by atoms with Gasteiger partial charge in [0.15, 0.2) is 0 Å². The Bertz CT molecular complexity index is 119. The maximum atomic E-state index is 10.4. The van der Waals surface area contributed by atoms with Crippen molar-refractivity contribution in [1.29, 1.82) is 0 Å². The monoisotopic (exact) mass is 142 g/mol. The average molecular weight is 142 g/mol. The normalized spacial score (nSPS) is 26.2. The molecular formula is C7H14N2O. The minimum atomic E-state index is -0.195. The second-order valence-electron chi connectivity index (χ2n) is 2.82. The van der Waals surface area contributed by atoms with Crippen LogP contribution in [0, 0.1) is 0 Å². The van der Waals surface area contributed by atoms with Crippen molar-refractivity contribution in [2.45, 2.75) is 31.7 Å². The summed E-state index contributed by atoms with van der Waals surface area (Å²) in [7, 11) is 0. The highest BCUT2D eigenvalue weighted by atomic mass is 16.1. The van der Waals surface area contributed by atoms with Crippen molar-refractivity contribution in [3.05, 3.63) is 0 Å². The van der Waals surface area contributed by atoms with Crippen LogP contribution in [-0.4, -0.2) is 18.5 Å². The topological polar surface area (TPSA) is 55.1 Å². The molecule has 1 aliphatic heterocycles. The summed E-state index contributed by atoms with van der Waals surface area (Å²) in [5.41, 5.74) is 5.04. The number of hydrogen-bond acceptors (Lipinski definition) is 2. The summed E-state index contributed by atoms with van der Waals surface area (Å²) in [5.74, 6) is -0.195. The van der Waals surface area contributed by atoms with Crippen LogP contribution in [0.1, 0.15) is 25.7 Å². The van der Waals surface area contributed by atoms with E-state index in [9.17, 15) is 4.79 Å². The number of carbonyl (C=O) groups excluding carboxylic acids is 1. The van der Waals surface area contributed by atoms with Gasteiger partial charge in [-0.2, -0.15) is 0 Å². The van der Waals surface area contributed by atoms with E-state index < -0.39 is 0 Å². The van der Waals surface area contributed by atoms with Gasteiger partial charge in [-0.3, -0.25) is 4.79 Å². The summed E-state index contributed by atoms with van der Waals surface area (Å²) < 4.78 is 0. The lowest BCUT2D eigenvalue weighted by Gasteiger charge is -2.21. The molecule has 1 aliphatic rings. The molecule has 3 N–H and O–H groups in total. The van der Waals surface area contributed by atoms with Gasteiger partial charge in [-0.05, 0) is 19.4 Å². The molecule has 1 fully saturated rings. The molecule has 1 rings (SSSR count). The second-order valence-corrected chi connectivity index (χ2v) is 2.82. The highest BCUT2D eigenvalue weighted by molar-refractivity contribution is 5.74. The Balaban J connectivity index is 2.19. The van der Waals surface area contributed by atoms with Gasteiger partial charge < -0.3 is 11.1 Å². The van der Waals surface area contributed by atoms with Gasteiger partial charge in [0, 0.05) is 12.5 Å². The van der Waals surface area contributed by atoms with E-state index in [0.29, 0.717) is 12.5 Å². The number of primary amides is 1. The largest absolute Gasteiger partial charge is 0.370 e. The number of amides is 1. The van der Waals surface area contributed by atoms with E-state index in [1.54, 1.807) is 0 Å². The Morgan fingerprint density at radius 2 is 2.40 bits per heavy atom. The first-order valence-electron chi connectivity index (χ1n) is 3.81. The summed E-state index contributed by atoms with van der Waals surface area (Å²) in [6, 6.07) is 0.353. The van der Waals surface area contributed by atoms with E-state index >= 15 is 0 Å². The Morgan fingerprint density at radius 3 is 2.90 bits per heavy atom. The maximum Gasteiger partial charge on any atom is 0.218 e. The van der Waals surface area contributed by atoms with Crippen LogP contribution in [0.2, 0.25) is 0 Å². The zero-order valence-electron chi connectivity index (χ0n) is 6.10. The van der Waals surface area contributed by atoms with Gasteiger partial charge >= 0.3 is 0 Å². The lowest BCUT2D eigenvalue weighted by Crippen LogP contribution is -2.37. The third-order valence-corrected chi connectivity index (χ3v) is 1.86. The van der Waals surface area contributed by atoms with E-state index in [1.807, 2.05) is 0 Å². The molecular weight excluding hydrogens is 128 g/mol. The summed E-state index contributed by atoms with van der Waals surface area (Å²) in [6.07, 6.45) is 4.06. The number of carbonyl (C=O) groups is 1. The van der Waals surface area contributed by atoms with Gasteiger partial charge in [0.2, 0.25) is 5.91 Å². The maximum absolute atomic E-state index is 10.4. The van der Waals surface area contributed by atoms with E-state index in [0.717, 1.165) is 13.0 Å². The molecule has 0 bridgehead atoms. The Kier molecular flexibility index (Phi) is 2.68. The number of nitrogens with two attached hydrogens (primary N) is 1. The molecule has 0 aromatic carbocycles. The first-order chi connectivity index (χ1) is 4.79. The van der Waals surface area contributed by atoms with Gasteiger partial charge in [0.1, 0.15) is 0 Å². The molecule has 10 heavy (non-hydrogen) atoms. The molecule has 0 spiro atoms. The predicted molar refractivity (Wildman–Crippen MR) is 39.5 cm³/mol. The third kappa shape index (κ3) is 2.35. The van der Waals surface area contributed by atoms with Gasteiger partial charge in [0.05, 0.1) is 0 Å². The fourth-order valence-electron chi connectivity index (χ4n) is 1.34. The van der Waals surface area contributed by atoms with E-state index in [-0.39, 0.29) is 5.91 Å². The summed E-state index contributed by atoms with van der Waals surface area (Å²) in [6.45, 7) is 1.04. The third-order valence-electron chi connectivity index (χ3n) is 1.86. The first kappa shape index (κ1) is 7.54. The number of hydrogen-bond donors (Lipinski definition) is 2. The minimum absolute atomic E-state index is 0.195. The van der Waals surface area contributed by atoms with Crippen LogP contribution in [0.3, 0.4) is 0 Å². The number of piperidine rings is 1. The van der Waals surface area contributed by atoms with Crippen LogP contribution in [-0.2, 0) is 4.79 Å². The molecule has 1 amide bonds. The predicted octanol–water partition coefficient (Wildman–Crippen LogP) is 0.00390. The molecule has 3 nitrogen and oxygen atoms in total. The quantitative estimate of drug-likeness (QED) is 0.570. The smallest absolute Gasteiger partial charge is 0.218 e. The molecule has 0 saturated carbocycles. The molecule has 0 radical (unpaired) electrons. The Hall–Kier alpha value is -0.570. The Morgan fingerprint density at radius 1 is 1.60 bits per heavy atom. The fraction of sp³-hybridized carbons (Fsp3) is 0.857. The highest BCUT2D eigenvalue weighted by Crippen LogP contribution is 2.08. The molecule has 0 unspecified atom stereocenters. The lowest BCUT2D eigenvalue weighted by atomic mass is 10.0. The standard InChI is InChI=1S/C7H14N2O/c8-7(10)5-6-3-1-2-4-9-6/h6,9H,1-5H2,(H2,8,10)/t6-/m0/s1. The molecule has 1 heterocycles. The van der Waals surface area contributed by atoms with Crippen LogP contribution in [0.15, 0.2) is 0 Å². The molecule has 0 aromatic heterocycles. The van der Waals surface area contributed by atoms with Gasteiger partial charge in [-0.1, -0.05) is 6.42 Å². The minimum Gasteiger partial charge on any atom is -0.370 e. The summed E-state index contributed by atoms with van der Waals surface area (Å²) >= 11 is 0. The van der Waals surface area contributed by atoms with Crippen molar-refractivity contribution in [3.8, 4) is 0 Å². The van der Waals surface area contributed by atoms with Gasteiger partial charge in [-0.25, -0.2) is 0 Å². The molecule has 58 valence electrons. The van der Waals surface area contributed by atoms with Crippen LogP contribution in [0.4, 0.5) is 0 Å². The highest BCUT2D eigenvalue weighted by Gasteiger charge is 2.13. The van der Waals surface area contributed by atoms with Crippen molar-refractivity contribution >= 4 is 5.91 Å². The van der Waals surface area contributed by atoms with Crippen LogP contribution >= 0.6 is 0 Å². The summed E-state index contributed by atoms with van der Waals surface area (Å²) in [4.78, 5) is 10.4. The first-order valence-corrected chi connectivity index (χ1v) is 3.81. The van der Waals surface area contributed by atoms with Crippen LogP contribution in [0.5, 0.6) is 0 Å². The average Bonchev–Trinajstić information content (AvgIpc) is 1.88. The van der Waals surface area contributed by atoms with Crippen molar-refractivity contribution in [1.82, 2.24) is 5.32 Å². The van der Waals surface area contributed by atoms with Crippen LogP contribution in [0.25, 0.3) is 0 Å². The van der Waals surface area contributed by atoms with Crippen molar-refractivity contribution < 1.29 is 4.79 Å². The molecule has 0 aliphatic carbocycles. The SMILES string of the molecule is NC(=O)C[C@@H]1CCCCN1. The van der Waals surface area contributed by atoms with E-state index in [2.05, 4.69) is 5.32 Å². The van der Waals surface area contributed by atoms with E-state index in [1.165, 1.54) is 12.8 Å². The summed E-state index contributed by atoms with van der Waals surface area (Å²) in [5, 5.41) is 3.25. The van der Waals surface area contributed by atoms with Gasteiger partial charge in [0.25, 0.3) is 0 Å². The Labute approximate surface area is 61.0 Å². The molecule has 1 atom stereocenters. The fourth-order valence-corrected chi connectivity index (χ4v) is 1.34. The van der Waals surface area contributed by atoms with Crippen LogP contribution < -0.4 is 11.1 Å². The molecule has 1 saturated heterocycles. The molecule has 3 heteroatoms. The van der Waals surface area contributed by atoms with Gasteiger partial charge in [-0.15, -0.1) is 0 Å². The van der Waals surface area contributed by atoms with Crippen molar-refractivity contribution in [2.75, 3.05) is 6.54 Å².